The molecule has 20 heavy (non-hydrogen) atoms. The van der Waals surface area contributed by atoms with Crippen molar-refractivity contribution in [3.8, 4) is 0 Å². The number of hydrogen-bond donors (Lipinski definition) is 3. The Kier molecular flexibility index (Phi) is 4.32. The van der Waals surface area contributed by atoms with Gasteiger partial charge in [0.25, 0.3) is 0 Å². The SMILES string of the molecule is CC(Cc1cccs1)Nc1cc(N)cc(S(N)(=O)=O)c1. The van der Waals surface area contributed by atoms with Gasteiger partial charge in [0.2, 0.25) is 10.0 Å². The van der Waals surface area contributed by atoms with Gasteiger partial charge in [-0.3, -0.25) is 0 Å². The lowest BCUT2D eigenvalue weighted by Crippen LogP contribution is -2.18. The molecule has 1 aromatic heterocycles. The topological polar surface area (TPSA) is 98.2 Å². The maximum atomic E-state index is 11.4. The molecule has 2 aromatic rings. The van der Waals surface area contributed by atoms with E-state index in [0.29, 0.717) is 11.4 Å². The maximum Gasteiger partial charge on any atom is 0.238 e. The Hall–Kier alpha value is -1.57. The van der Waals surface area contributed by atoms with Crippen LogP contribution >= 0.6 is 11.3 Å². The molecule has 0 amide bonds. The molecule has 0 aliphatic heterocycles. The molecule has 0 bridgehead atoms. The average molecular weight is 311 g/mol. The Morgan fingerprint density at radius 3 is 2.70 bits per heavy atom. The minimum absolute atomic E-state index is 0.0170. The first-order valence-corrected chi connectivity index (χ1v) is 8.49. The summed E-state index contributed by atoms with van der Waals surface area (Å²) in [5.41, 5.74) is 6.72. The van der Waals surface area contributed by atoms with Crippen molar-refractivity contribution in [1.29, 1.82) is 0 Å². The van der Waals surface area contributed by atoms with Crippen LogP contribution in [0, 0.1) is 0 Å². The number of primary sulfonamides is 1. The molecule has 1 atom stereocenters. The third kappa shape index (κ3) is 3.96. The summed E-state index contributed by atoms with van der Waals surface area (Å²) in [6, 6.07) is 8.77. The zero-order valence-corrected chi connectivity index (χ0v) is 12.7. The first-order valence-electron chi connectivity index (χ1n) is 6.07. The summed E-state index contributed by atoms with van der Waals surface area (Å²) in [6.45, 7) is 2.03. The van der Waals surface area contributed by atoms with Crippen LogP contribution in [0.2, 0.25) is 0 Å². The van der Waals surface area contributed by atoms with Gasteiger partial charge in [0.05, 0.1) is 4.90 Å². The largest absolute Gasteiger partial charge is 0.399 e. The van der Waals surface area contributed by atoms with Gasteiger partial charge in [-0.25, -0.2) is 13.6 Å². The van der Waals surface area contributed by atoms with Crippen molar-refractivity contribution < 1.29 is 8.42 Å². The van der Waals surface area contributed by atoms with E-state index in [0.717, 1.165) is 6.42 Å². The van der Waals surface area contributed by atoms with E-state index in [9.17, 15) is 8.42 Å². The molecule has 7 heteroatoms. The second-order valence-corrected chi connectivity index (χ2v) is 7.26. The monoisotopic (exact) mass is 311 g/mol. The van der Waals surface area contributed by atoms with Crippen molar-refractivity contribution in [1.82, 2.24) is 0 Å². The number of benzene rings is 1. The summed E-state index contributed by atoms with van der Waals surface area (Å²) >= 11 is 1.69. The van der Waals surface area contributed by atoms with Crippen LogP contribution in [0.5, 0.6) is 0 Å². The van der Waals surface area contributed by atoms with E-state index in [1.165, 1.54) is 17.0 Å². The molecule has 1 heterocycles. The third-order valence-electron chi connectivity index (χ3n) is 2.76. The number of rotatable bonds is 5. The van der Waals surface area contributed by atoms with Gasteiger partial charge in [0.15, 0.2) is 0 Å². The molecule has 0 spiro atoms. The molecule has 0 radical (unpaired) electrons. The predicted molar refractivity (Wildman–Crippen MR) is 83.3 cm³/mol. The lowest BCUT2D eigenvalue weighted by atomic mass is 10.2. The van der Waals surface area contributed by atoms with Gasteiger partial charge in [-0.05, 0) is 36.6 Å². The van der Waals surface area contributed by atoms with E-state index in [-0.39, 0.29) is 10.9 Å². The Morgan fingerprint density at radius 2 is 2.10 bits per heavy atom. The van der Waals surface area contributed by atoms with Gasteiger partial charge < -0.3 is 11.1 Å². The van der Waals surface area contributed by atoms with Crippen LogP contribution in [-0.2, 0) is 16.4 Å². The average Bonchev–Trinajstić information content (AvgIpc) is 2.79. The summed E-state index contributed by atoms with van der Waals surface area (Å²) < 4.78 is 22.8. The van der Waals surface area contributed by atoms with Crippen LogP contribution in [0.25, 0.3) is 0 Å². The summed E-state index contributed by atoms with van der Waals surface area (Å²) in [5.74, 6) is 0. The first kappa shape index (κ1) is 14.8. The highest BCUT2D eigenvalue weighted by molar-refractivity contribution is 7.89. The van der Waals surface area contributed by atoms with Crippen molar-refractivity contribution in [2.75, 3.05) is 11.1 Å². The van der Waals surface area contributed by atoms with E-state index < -0.39 is 10.0 Å². The Bertz CT molecular complexity index is 682. The predicted octanol–water partition coefficient (Wildman–Crippen LogP) is 2.02. The molecular weight excluding hydrogens is 294 g/mol. The van der Waals surface area contributed by atoms with E-state index in [1.807, 2.05) is 18.4 Å². The van der Waals surface area contributed by atoms with E-state index in [1.54, 1.807) is 17.4 Å². The number of sulfonamides is 1. The van der Waals surface area contributed by atoms with Gasteiger partial charge >= 0.3 is 0 Å². The summed E-state index contributed by atoms with van der Waals surface area (Å²) in [5, 5.41) is 10.4. The highest BCUT2D eigenvalue weighted by Crippen LogP contribution is 2.21. The normalized spacial score (nSPS) is 13.1. The summed E-state index contributed by atoms with van der Waals surface area (Å²) in [4.78, 5) is 1.28. The van der Waals surface area contributed by atoms with Crippen LogP contribution in [0.4, 0.5) is 11.4 Å². The van der Waals surface area contributed by atoms with Crippen molar-refractivity contribution in [3.63, 3.8) is 0 Å². The molecule has 0 aliphatic carbocycles. The van der Waals surface area contributed by atoms with Gasteiger partial charge in [0.1, 0.15) is 0 Å². The quantitative estimate of drug-likeness (QED) is 0.736. The molecule has 0 saturated heterocycles. The fourth-order valence-electron chi connectivity index (χ4n) is 1.94. The second-order valence-electron chi connectivity index (χ2n) is 4.66. The van der Waals surface area contributed by atoms with Crippen LogP contribution in [0.15, 0.2) is 40.6 Å². The van der Waals surface area contributed by atoms with Gasteiger partial charge in [-0.1, -0.05) is 6.07 Å². The summed E-state index contributed by atoms with van der Waals surface area (Å²) in [7, 11) is -3.75. The minimum Gasteiger partial charge on any atom is -0.399 e. The highest BCUT2D eigenvalue weighted by atomic mass is 32.2. The van der Waals surface area contributed by atoms with Crippen LogP contribution in [-0.4, -0.2) is 14.5 Å². The van der Waals surface area contributed by atoms with Crippen molar-refractivity contribution >= 4 is 32.7 Å². The number of nitrogens with one attached hydrogen (secondary N) is 1. The number of hydrogen-bond acceptors (Lipinski definition) is 5. The third-order valence-corrected chi connectivity index (χ3v) is 4.55. The smallest absolute Gasteiger partial charge is 0.238 e. The van der Waals surface area contributed by atoms with Crippen molar-refractivity contribution in [2.45, 2.75) is 24.3 Å². The molecule has 0 saturated carbocycles. The Balaban J connectivity index is 2.15. The van der Waals surface area contributed by atoms with Crippen molar-refractivity contribution in [3.05, 3.63) is 40.6 Å². The van der Waals surface area contributed by atoms with Crippen LogP contribution in [0.3, 0.4) is 0 Å². The maximum absolute atomic E-state index is 11.4. The van der Waals surface area contributed by atoms with Gasteiger partial charge in [-0.15, -0.1) is 11.3 Å². The molecule has 0 fully saturated rings. The van der Waals surface area contributed by atoms with E-state index >= 15 is 0 Å². The van der Waals surface area contributed by atoms with Crippen LogP contribution in [0.1, 0.15) is 11.8 Å². The molecule has 1 aromatic carbocycles. The summed E-state index contributed by atoms with van der Waals surface area (Å²) in [6.07, 6.45) is 0.858. The zero-order valence-electron chi connectivity index (χ0n) is 11.0. The zero-order chi connectivity index (χ0) is 14.8. The standard InChI is InChI=1S/C13H17N3O2S2/c1-9(5-12-3-2-4-19-12)16-11-6-10(14)7-13(8-11)20(15,17)18/h2-4,6-9,16H,5,14H2,1H3,(H2,15,17,18). The molecule has 1 unspecified atom stereocenters. The molecule has 2 rings (SSSR count). The molecule has 5 nitrogen and oxygen atoms in total. The van der Waals surface area contributed by atoms with E-state index in [2.05, 4.69) is 11.4 Å². The molecule has 108 valence electrons. The Labute approximate surface area is 122 Å². The molecule has 0 aliphatic rings. The fourth-order valence-corrected chi connectivity index (χ4v) is 3.36. The fraction of sp³-hybridized carbons (Fsp3) is 0.231. The lowest BCUT2D eigenvalue weighted by Gasteiger charge is -2.15. The highest BCUT2D eigenvalue weighted by Gasteiger charge is 2.11. The molecular formula is C13H17N3O2S2. The second kappa shape index (κ2) is 5.82. The Morgan fingerprint density at radius 1 is 1.35 bits per heavy atom. The molecule has 5 N–H and O–H groups in total. The first-order chi connectivity index (χ1) is 9.34. The van der Waals surface area contributed by atoms with Gasteiger partial charge in [-0.2, -0.15) is 0 Å². The van der Waals surface area contributed by atoms with Gasteiger partial charge in [0, 0.05) is 28.7 Å². The van der Waals surface area contributed by atoms with Crippen LogP contribution < -0.4 is 16.2 Å². The number of anilines is 2. The minimum atomic E-state index is -3.75. The number of nitrogens with two attached hydrogens (primary N) is 2. The van der Waals surface area contributed by atoms with E-state index in [4.69, 9.17) is 10.9 Å². The number of thiophene rings is 1. The lowest BCUT2D eigenvalue weighted by molar-refractivity contribution is 0.598. The van der Waals surface area contributed by atoms with Crippen molar-refractivity contribution in [2.24, 2.45) is 5.14 Å². The number of nitrogen functional groups attached to an aromatic ring is 1.